The van der Waals surface area contributed by atoms with Crippen molar-refractivity contribution in [3.63, 3.8) is 0 Å². The predicted molar refractivity (Wildman–Crippen MR) is 70.8 cm³/mol. The summed E-state index contributed by atoms with van der Waals surface area (Å²) in [5.74, 6) is 0. The van der Waals surface area contributed by atoms with Crippen LogP contribution in [-0.2, 0) is 0 Å². The molecule has 0 aromatic heterocycles. The second kappa shape index (κ2) is 7.81. The minimum absolute atomic E-state index is 1.04. The van der Waals surface area contributed by atoms with Gasteiger partial charge in [-0.2, -0.15) is 0 Å². The molecule has 0 heteroatoms. The zero-order valence-corrected chi connectivity index (χ0v) is 9.96. The fourth-order valence-corrected chi connectivity index (χ4v) is 1.16. The van der Waals surface area contributed by atoms with Gasteiger partial charge in [-0.1, -0.05) is 75.1 Å². The van der Waals surface area contributed by atoms with E-state index < -0.39 is 0 Å². The summed E-state index contributed by atoms with van der Waals surface area (Å²) in [5.41, 5.74) is 3.34. The first-order valence-corrected chi connectivity index (χ1v) is 5.29. The van der Waals surface area contributed by atoms with Gasteiger partial charge in [0, 0.05) is 0 Å². The van der Waals surface area contributed by atoms with Gasteiger partial charge in [-0.25, -0.2) is 0 Å². The van der Waals surface area contributed by atoms with Gasteiger partial charge < -0.3 is 0 Å². The first-order chi connectivity index (χ1) is 7.24. The SMILES string of the molecule is C=C/C(=C\C(=C)C)c1ccccc1.CC. The summed E-state index contributed by atoms with van der Waals surface area (Å²) in [7, 11) is 0. The maximum absolute atomic E-state index is 3.84. The van der Waals surface area contributed by atoms with Gasteiger partial charge in [0.25, 0.3) is 0 Å². The van der Waals surface area contributed by atoms with Crippen LogP contribution >= 0.6 is 0 Å². The van der Waals surface area contributed by atoms with Crippen molar-refractivity contribution in [2.75, 3.05) is 0 Å². The van der Waals surface area contributed by atoms with Gasteiger partial charge in [0.1, 0.15) is 0 Å². The van der Waals surface area contributed by atoms with Crippen molar-refractivity contribution < 1.29 is 0 Å². The third kappa shape index (κ3) is 5.02. The highest BCUT2D eigenvalue weighted by Gasteiger charge is 1.94. The van der Waals surface area contributed by atoms with Gasteiger partial charge in [0.05, 0.1) is 0 Å². The molecule has 0 fully saturated rings. The lowest BCUT2D eigenvalue weighted by molar-refractivity contribution is 1.50. The van der Waals surface area contributed by atoms with Crippen molar-refractivity contribution in [1.29, 1.82) is 0 Å². The molecule has 0 saturated heterocycles. The summed E-state index contributed by atoms with van der Waals surface area (Å²) in [6, 6.07) is 10.2. The van der Waals surface area contributed by atoms with Crippen LogP contribution in [0.2, 0.25) is 0 Å². The second-order valence-electron chi connectivity index (χ2n) is 3.02. The van der Waals surface area contributed by atoms with Crippen molar-refractivity contribution in [3.8, 4) is 0 Å². The normalized spacial score (nSPS) is 9.93. The van der Waals surface area contributed by atoms with Crippen LogP contribution in [0.25, 0.3) is 5.57 Å². The molecule has 0 heterocycles. The van der Waals surface area contributed by atoms with Gasteiger partial charge >= 0.3 is 0 Å². The Morgan fingerprint density at radius 1 is 1.13 bits per heavy atom. The summed E-state index contributed by atoms with van der Waals surface area (Å²) < 4.78 is 0. The van der Waals surface area contributed by atoms with E-state index in [2.05, 4.69) is 25.3 Å². The smallest absolute Gasteiger partial charge is 0.0184 e. The van der Waals surface area contributed by atoms with Crippen LogP contribution in [0.3, 0.4) is 0 Å². The van der Waals surface area contributed by atoms with Gasteiger partial charge in [0.15, 0.2) is 0 Å². The molecule has 0 N–H and O–H groups in total. The number of hydrogen-bond donors (Lipinski definition) is 0. The van der Waals surface area contributed by atoms with Crippen LogP contribution in [0.1, 0.15) is 26.3 Å². The Bertz CT molecular complexity index is 328. The summed E-state index contributed by atoms with van der Waals surface area (Å²) in [6.45, 7) is 13.6. The Kier molecular flexibility index (Phi) is 7.00. The second-order valence-corrected chi connectivity index (χ2v) is 3.02. The van der Waals surface area contributed by atoms with Crippen molar-refractivity contribution >= 4 is 5.57 Å². The number of hydrogen-bond acceptors (Lipinski definition) is 0. The number of benzene rings is 1. The molecule has 0 unspecified atom stereocenters. The molecule has 0 aliphatic heterocycles. The third-order valence-corrected chi connectivity index (χ3v) is 1.73. The molecular weight excluding hydrogens is 180 g/mol. The van der Waals surface area contributed by atoms with Crippen molar-refractivity contribution in [3.05, 3.63) is 66.8 Å². The molecule has 0 amide bonds. The summed E-state index contributed by atoms with van der Waals surface area (Å²) in [6.07, 6.45) is 3.88. The number of allylic oxidation sites excluding steroid dienone is 4. The zero-order valence-electron chi connectivity index (χ0n) is 9.96. The summed E-state index contributed by atoms with van der Waals surface area (Å²) in [5, 5.41) is 0. The molecule has 1 rings (SSSR count). The van der Waals surface area contributed by atoms with E-state index in [1.807, 2.05) is 51.1 Å². The number of rotatable bonds is 3. The molecular formula is C15H20. The molecule has 1 aromatic rings. The van der Waals surface area contributed by atoms with Crippen LogP contribution in [0.4, 0.5) is 0 Å². The molecule has 0 atom stereocenters. The molecule has 0 bridgehead atoms. The Balaban J connectivity index is 0.000000921. The molecule has 15 heavy (non-hydrogen) atoms. The first kappa shape index (κ1) is 13.4. The van der Waals surface area contributed by atoms with E-state index in [1.54, 1.807) is 0 Å². The minimum Gasteiger partial charge on any atom is -0.0984 e. The monoisotopic (exact) mass is 200 g/mol. The molecule has 1 aromatic carbocycles. The van der Waals surface area contributed by atoms with Crippen molar-refractivity contribution in [2.24, 2.45) is 0 Å². The average Bonchev–Trinajstić information content (AvgIpc) is 2.29. The lowest BCUT2D eigenvalue weighted by atomic mass is 10.0. The molecule has 80 valence electrons. The molecule has 0 aliphatic carbocycles. The van der Waals surface area contributed by atoms with Gasteiger partial charge in [-0.05, 0) is 18.1 Å². The highest BCUT2D eigenvalue weighted by atomic mass is 14.0. The first-order valence-electron chi connectivity index (χ1n) is 5.29. The Hall–Kier alpha value is -1.56. The van der Waals surface area contributed by atoms with Crippen LogP contribution < -0.4 is 0 Å². The van der Waals surface area contributed by atoms with E-state index in [1.165, 1.54) is 5.56 Å². The molecule has 0 aliphatic rings. The van der Waals surface area contributed by atoms with E-state index in [0.717, 1.165) is 11.1 Å². The van der Waals surface area contributed by atoms with E-state index in [0.29, 0.717) is 0 Å². The molecule has 0 nitrogen and oxygen atoms in total. The topological polar surface area (TPSA) is 0 Å². The lowest BCUT2D eigenvalue weighted by Crippen LogP contribution is -1.79. The maximum Gasteiger partial charge on any atom is -0.0184 e. The van der Waals surface area contributed by atoms with Crippen molar-refractivity contribution in [2.45, 2.75) is 20.8 Å². The third-order valence-electron chi connectivity index (χ3n) is 1.73. The van der Waals surface area contributed by atoms with E-state index >= 15 is 0 Å². The highest BCUT2D eigenvalue weighted by Crippen LogP contribution is 2.16. The van der Waals surface area contributed by atoms with Gasteiger partial charge in [-0.3, -0.25) is 0 Å². The minimum atomic E-state index is 1.04. The maximum atomic E-state index is 3.84. The standard InChI is InChI=1S/C13H14.C2H6/c1-4-12(10-11(2)3)13-8-6-5-7-9-13;1-2/h4-10H,1-2H2,3H3;1-2H3/b12-10+;. The largest absolute Gasteiger partial charge is 0.0984 e. The van der Waals surface area contributed by atoms with Gasteiger partial charge in [-0.15, -0.1) is 0 Å². The summed E-state index contributed by atoms with van der Waals surface area (Å²) in [4.78, 5) is 0. The Morgan fingerprint density at radius 2 is 1.67 bits per heavy atom. The van der Waals surface area contributed by atoms with Crippen LogP contribution in [0.5, 0.6) is 0 Å². The quantitative estimate of drug-likeness (QED) is 0.611. The van der Waals surface area contributed by atoms with Crippen molar-refractivity contribution in [1.82, 2.24) is 0 Å². The molecule has 0 saturated carbocycles. The molecule has 0 radical (unpaired) electrons. The zero-order chi connectivity index (χ0) is 11.7. The lowest BCUT2D eigenvalue weighted by Gasteiger charge is -2.01. The average molecular weight is 200 g/mol. The highest BCUT2D eigenvalue weighted by molar-refractivity contribution is 5.75. The van der Waals surface area contributed by atoms with Crippen LogP contribution in [0, 0.1) is 0 Å². The fourth-order valence-electron chi connectivity index (χ4n) is 1.16. The van der Waals surface area contributed by atoms with Crippen LogP contribution in [0.15, 0.2) is 61.2 Å². The van der Waals surface area contributed by atoms with Gasteiger partial charge in [0.2, 0.25) is 0 Å². The van der Waals surface area contributed by atoms with Crippen LogP contribution in [-0.4, -0.2) is 0 Å². The Morgan fingerprint density at radius 3 is 2.07 bits per heavy atom. The predicted octanol–water partition coefficient (Wildman–Crippen LogP) is 4.86. The Labute approximate surface area is 93.7 Å². The molecule has 0 spiro atoms. The fraction of sp³-hybridized carbons (Fsp3) is 0.200. The summed E-state index contributed by atoms with van der Waals surface area (Å²) >= 11 is 0. The van der Waals surface area contributed by atoms with E-state index in [-0.39, 0.29) is 0 Å². The van der Waals surface area contributed by atoms with E-state index in [9.17, 15) is 0 Å². The van der Waals surface area contributed by atoms with E-state index in [4.69, 9.17) is 0 Å².